The van der Waals surface area contributed by atoms with Gasteiger partial charge in [-0.15, -0.1) is 0 Å². The van der Waals surface area contributed by atoms with Crippen molar-refractivity contribution in [2.24, 2.45) is 0 Å². The summed E-state index contributed by atoms with van der Waals surface area (Å²) in [4.78, 5) is 25.6. The van der Waals surface area contributed by atoms with Crippen LogP contribution in [0.4, 0.5) is 0 Å². The molecule has 0 spiro atoms. The number of rotatable bonds is 3. The standard InChI is InChI=1S/C15H16N2O3S/c1-21-9-11-10-4-2-3-5-12(10)20-14(11)15(19)17-7-6-16-13(18)8-17/h2-5H,6-9H2,1H3,(H,16,18). The number of nitrogens with one attached hydrogen (secondary N) is 1. The fourth-order valence-corrected chi connectivity index (χ4v) is 3.09. The molecule has 110 valence electrons. The van der Waals surface area contributed by atoms with Gasteiger partial charge in [0.2, 0.25) is 5.91 Å². The van der Waals surface area contributed by atoms with Gasteiger partial charge in [0.15, 0.2) is 5.76 Å². The number of nitrogens with zero attached hydrogens (tertiary/aromatic N) is 1. The second-order valence-electron chi connectivity index (χ2n) is 4.92. The highest BCUT2D eigenvalue weighted by atomic mass is 32.2. The minimum absolute atomic E-state index is 0.0919. The van der Waals surface area contributed by atoms with Gasteiger partial charge in [-0.2, -0.15) is 11.8 Å². The molecular weight excluding hydrogens is 288 g/mol. The molecule has 1 aliphatic heterocycles. The first kappa shape index (κ1) is 14.0. The van der Waals surface area contributed by atoms with Gasteiger partial charge in [0, 0.05) is 29.8 Å². The van der Waals surface area contributed by atoms with Crippen LogP contribution in [0.25, 0.3) is 11.0 Å². The molecule has 1 aliphatic rings. The Bertz CT molecular complexity index is 695. The Hall–Kier alpha value is -1.95. The van der Waals surface area contributed by atoms with Gasteiger partial charge >= 0.3 is 0 Å². The van der Waals surface area contributed by atoms with Crippen LogP contribution >= 0.6 is 11.8 Å². The van der Waals surface area contributed by atoms with E-state index in [0.717, 1.165) is 10.9 Å². The third-order valence-corrected chi connectivity index (χ3v) is 4.08. The maximum Gasteiger partial charge on any atom is 0.290 e. The molecule has 3 rings (SSSR count). The van der Waals surface area contributed by atoms with E-state index in [-0.39, 0.29) is 18.4 Å². The summed E-state index contributed by atoms with van der Waals surface area (Å²) >= 11 is 1.64. The van der Waals surface area contributed by atoms with Crippen LogP contribution in [0.1, 0.15) is 16.1 Å². The lowest BCUT2D eigenvalue weighted by molar-refractivity contribution is -0.123. The van der Waals surface area contributed by atoms with E-state index in [1.807, 2.05) is 30.5 Å². The molecule has 1 fully saturated rings. The summed E-state index contributed by atoms with van der Waals surface area (Å²) in [7, 11) is 0. The maximum atomic E-state index is 12.7. The Labute approximate surface area is 126 Å². The summed E-state index contributed by atoms with van der Waals surface area (Å²) in [5.74, 6) is 0.737. The van der Waals surface area contributed by atoms with Crippen LogP contribution in [0.5, 0.6) is 0 Å². The van der Waals surface area contributed by atoms with E-state index in [4.69, 9.17) is 4.42 Å². The van der Waals surface area contributed by atoms with Crippen molar-refractivity contribution in [3.8, 4) is 0 Å². The zero-order valence-corrected chi connectivity index (χ0v) is 12.5. The minimum Gasteiger partial charge on any atom is -0.451 e. The van der Waals surface area contributed by atoms with Crippen LogP contribution in [-0.2, 0) is 10.5 Å². The number of para-hydroxylation sites is 1. The van der Waals surface area contributed by atoms with E-state index in [2.05, 4.69) is 5.32 Å². The van der Waals surface area contributed by atoms with Crippen molar-refractivity contribution in [2.45, 2.75) is 5.75 Å². The van der Waals surface area contributed by atoms with Crippen molar-refractivity contribution in [3.05, 3.63) is 35.6 Å². The summed E-state index contributed by atoms with van der Waals surface area (Å²) in [6, 6.07) is 7.64. The van der Waals surface area contributed by atoms with Gasteiger partial charge in [0.05, 0.1) is 0 Å². The zero-order chi connectivity index (χ0) is 14.8. The average Bonchev–Trinajstić information content (AvgIpc) is 2.86. The molecule has 5 nitrogen and oxygen atoms in total. The van der Waals surface area contributed by atoms with E-state index in [1.54, 1.807) is 16.7 Å². The smallest absolute Gasteiger partial charge is 0.290 e. The summed E-state index contributed by atoms with van der Waals surface area (Å²) in [6.45, 7) is 1.09. The lowest BCUT2D eigenvalue weighted by atomic mass is 10.1. The van der Waals surface area contributed by atoms with Gasteiger partial charge in [-0.3, -0.25) is 9.59 Å². The van der Waals surface area contributed by atoms with E-state index in [0.29, 0.717) is 30.2 Å². The topological polar surface area (TPSA) is 62.6 Å². The molecule has 1 aromatic heterocycles. The molecule has 1 N–H and O–H groups in total. The van der Waals surface area contributed by atoms with E-state index >= 15 is 0 Å². The third-order valence-electron chi connectivity index (χ3n) is 3.51. The number of thioether (sulfide) groups is 1. The minimum atomic E-state index is -0.204. The number of carbonyl (C=O) groups is 2. The van der Waals surface area contributed by atoms with Crippen molar-refractivity contribution < 1.29 is 14.0 Å². The number of carbonyl (C=O) groups excluding carboxylic acids is 2. The molecular formula is C15H16N2O3S. The Kier molecular flexibility index (Phi) is 3.88. The van der Waals surface area contributed by atoms with Gasteiger partial charge in [0.1, 0.15) is 12.1 Å². The predicted molar refractivity (Wildman–Crippen MR) is 82.3 cm³/mol. The Balaban J connectivity index is 2.00. The highest BCUT2D eigenvalue weighted by Gasteiger charge is 2.28. The van der Waals surface area contributed by atoms with Crippen LogP contribution < -0.4 is 5.32 Å². The number of piperazine rings is 1. The molecule has 0 atom stereocenters. The van der Waals surface area contributed by atoms with Crippen LogP contribution in [0.15, 0.2) is 28.7 Å². The van der Waals surface area contributed by atoms with E-state index < -0.39 is 0 Å². The molecule has 21 heavy (non-hydrogen) atoms. The van der Waals surface area contributed by atoms with Crippen LogP contribution in [0.3, 0.4) is 0 Å². The molecule has 2 heterocycles. The molecule has 0 saturated carbocycles. The van der Waals surface area contributed by atoms with Gasteiger partial charge < -0.3 is 14.6 Å². The number of hydrogen-bond donors (Lipinski definition) is 1. The van der Waals surface area contributed by atoms with Gasteiger partial charge in [-0.25, -0.2) is 0 Å². The molecule has 1 aromatic carbocycles. The predicted octanol–water partition coefficient (Wildman–Crippen LogP) is 1.87. The van der Waals surface area contributed by atoms with Crippen molar-refractivity contribution in [1.29, 1.82) is 0 Å². The monoisotopic (exact) mass is 304 g/mol. The van der Waals surface area contributed by atoms with Gasteiger partial charge in [0.25, 0.3) is 5.91 Å². The normalized spacial score (nSPS) is 15.3. The van der Waals surface area contributed by atoms with Crippen LogP contribution in [0.2, 0.25) is 0 Å². The number of benzene rings is 1. The van der Waals surface area contributed by atoms with Crippen LogP contribution in [0, 0.1) is 0 Å². The first-order valence-corrected chi connectivity index (χ1v) is 8.15. The first-order valence-electron chi connectivity index (χ1n) is 6.76. The van der Waals surface area contributed by atoms with E-state index in [9.17, 15) is 9.59 Å². The summed E-state index contributed by atoms with van der Waals surface area (Å²) in [6.07, 6.45) is 1.99. The Morgan fingerprint density at radius 3 is 3.00 bits per heavy atom. The second kappa shape index (κ2) is 5.81. The summed E-state index contributed by atoms with van der Waals surface area (Å²) in [5, 5.41) is 3.69. The van der Waals surface area contributed by atoms with Gasteiger partial charge in [-0.1, -0.05) is 18.2 Å². The summed E-state index contributed by atoms with van der Waals surface area (Å²) < 4.78 is 5.77. The fourth-order valence-electron chi connectivity index (χ4n) is 2.51. The Morgan fingerprint density at radius 1 is 1.43 bits per heavy atom. The van der Waals surface area contributed by atoms with Crippen molar-refractivity contribution in [3.63, 3.8) is 0 Å². The number of furan rings is 1. The van der Waals surface area contributed by atoms with E-state index in [1.165, 1.54) is 0 Å². The number of hydrogen-bond acceptors (Lipinski definition) is 4. The molecule has 0 aliphatic carbocycles. The van der Waals surface area contributed by atoms with Crippen molar-refractivity contribution in [1.82, 2.24) is 10.2 Å². The molecule has 6 heteroatoms. The van der Waals surface area contributed by atoms with Crippen molar-refractivity contribution >= 4 is 34.5 Å². The molecule has 0 unspecified atom stereocenters. The highest BCUT2D eigenvalue weighted by Crippen LogP contribution is 2.29. The fraction of sp³-hybridized carbons (Fsp3) is 0.333. The van der Waals surface area contributed by atoms with Gasteiger partial charge in [-0.05, 0) is 12.3 Å². The van der Waals surface area contributed by atoms with Crippen LogP contribution in [-0.4, -0.2) is 42.6 Å². The Morgan fingerprint density at radius 2 is 2.24 bits per heavy atom. The lowest BCUT2D eigenvalue weighted by Crippen LogP contribution is -2.50. The molecule has 0 bridgehead atoms. The number of amides is 2. The van der Waals surface area contributed by atoms with Crippen molar-refractivity contribution in [2.75, 3.05) is 25.9 Å². The zero-order valence-electron chi connectivity index (χ0n) is 11.7. The maximum absolute atomic E-state index is 12.7. The average molecular weight is 304 g/mol. The quantitative estimate of drug-likeness (QED) is 0.940. The molecule has 2 aromatic rings. The second-order valence-corrected chi connectivity index (χ2v) is 5.78. The molecule has 1 saturated heterocycles. The third kappa shape index (κ3) is 2.63. The first-order chi connectivity index (χ1) is 10.2. The molecule has 2 amide bonds. The molecule has 0 radical (unpaired) electrons. The lowest BCUT2D eigenvalue weighted by Gasteiger charge is -2.26. The largest absolute Gasteiger partial charge is 0.451 e. The highest BCUT2D eigenvalue weighted by molar-refractivity contribution is 7.97. The summed E-state index contributed by atoms with van der Waals surface area (Å²) in [5.41, 5.74) is 1.63. The SMILES string of the molecule is CSCc1c(C(=O)N2CCNC(=O)C2)oc2ccccc12. The number of fused-ring (bicyclic) bond motifs is 1.